The standard InChI is InChI=1S/C12H17N3O3S/c1-3-8-9(19-7-13-8)14-11(18)15-5-4-12(2,6-15)10(16)17/h7H,3-6H2,1-2H3,(H,14,18)(H,16,17). The molecular weight excluding hydrogens is 266 g/mol. The second-order valence-electron chi connectivity index (χ2n) is 4.95. The monoisotopic (exact) mass is 283 g/mol. The molecule has 0 radical (unpaired) electrons. The summed E-state index contributed by atoms with van der Waals surface area (Å²) in [4.78, 5) is 28.9. The van der Waals surface area contributed by atoms with Crippen molar-refractivity contribution in [2.24, 2.45) is 5.41 Å². The van der Waals surface area contributed by atoms with Gasteiger partial charge in [-0.25, -0.2) is 9.78 Å². The van der Waals surface area contributed by atoms with Crippen LogP contribution in [0.4, 0.5) is 9.80 Å². The number of carboxylic acid groups (broad SMARTS) is 1. The highest BCUT2D eigenvalue weighted by molar-refractivity contribution is 7.14. The lowest BCUT2D eigenvalue weighted by Crippen LogP contribution is -2.37. The van der Waals surface area contributed by atoms with Crippen LogP contribution in [0.3, 0.4) is 0 Å². The zero-order valence-electron chi connectivity index (χ0n) is 11.0. The molecule has 19 heavy (non-hydrogen) atoms. The fourth-order valence-electron chi connectivity index (χ4n) is 2.11. The number of amides is 2. The highest BCUT2D eigenvalue weighted by atomic mass is 32.1. The van der Waals surface area contributed by atoms with Crippen LogP contribution in [0.5, 0.6) is 0 Å². The number of aromatic nitrogens is 1. The average molecular weight is 283 g/mol. The summed E-state index contributed by atoms with van der Waals surface area (Å²) in [7, 11) is 0. The van der Waals surface area contributed by atoms with Crippen LogP contribution in [0.15, 0.2) is 5.51 Å². The number of aryl methyl sites for hydroxylation is 1. The molecule has 104 valence electrons. The van der Waals surface area contributed by atoms with Gasteiger partial charge < -0.3 is 10.0 Å². The van der Waals surface area contributed by atoms with Crippen molar-refractivity contribution in [3.63, 3.8) is 0 Å². The Kier molecular flexibility index (Phi) is 3.75. The minimum Gasteiger partial charge on any atom is -0.481 e. The Bertz CT molecular complexity index is 502. The number of anilines is 1. The first-order chi connectivity index (χ1) is 8.96. The third kappa shape index (κ3) is 2.70. The summed E-state index contributed by atoms with van der Waals surface area (Å²) >= 11 is 1.38. The molecule has 2 amide bonds. The Morgan fingerprint density at radius 2 is 2.37 bits per heavy atom. The van der Waals surface area contributed by atoms with Crippen LogP contribution in [0, 0.1) is 5.41 Å². The third-order valence-electron chi connectivity index (χ3n) is 3.47. The van der Waals surface area contributed by atoms with Crippen LogP contribution in [0.25, 0.3) is 0 Å². The van der Waals surface area contributed by atoms with Crippen LogP contribution >= 0.6 is 11.3 Å². The number of hydrogen-bond acceptors (Lipinski definition) is 4. The molecule has 1 aromatic rings. The normalized spacial score (nSPS) is 22.5. The van der Waals surface area contributed by atoms with E-state index in [-0.39, 0.29) is 12.6 Å². The number of nitrogens with one attached hydrogen (secondary N) is 1. The van der Waals surface area contributed by atoms with Gasteiger partial charge in [-0.2, -0.15) is 0 Å². The number of carbonyl (C=O) groups is 2. The lowest BCUT2D eigenvalue weighted by atomic mass is 9.90. The van der Waals surface area contributed by atoms with Crippen molar-refractivity contribution in [1.82, 2.24) is 9.88 Å². The van der Waals surface area contributed by atoms with Gasteiger partial charge in [0.25, 0.3) is 0 Å². The number of nitrogens with zero attached hydrogens (tertiary/aromatic N) is 2. The fraction of sp³-hybridized carbons (Fsp3) is 0.583. The molecule has 1 aliphatic heterocycles. The zero-order valence-corrected chi connectivity index (χ0v) is 11.8. The van der Waals surface area contributed by atoms with E-state index in [1.807, 2.05) is 6.92 Å². The summed E-state index contributed by atoms with van der Waals surface area (Å²) in [6, 6.07) is -0.246. The van der Waals surface area contributed by atoms with E-state index in [0.717, 1.165) is 17.1 Å². The number of thiazole rings is 1. The largest absolute Gasteiger partial charge is 0.481 e. The predicted octanol–water partition coefficient (Wildman–Crippen LogP) is 2.03. The molecule has 0 spiro atoms. The lowest BCUT2D eigenvalue weighted by molar-refractivity contribution is -0.146. The van der Waals surface area contributed by atoms with Crippen molar-refractivity contribution in [2.45, 2.75) is 26.7 Å². The SMILES string of the molecule is CCc1ncsc1NC(=O)N1CCC(C)(C(=O)O)C1. The van der Waals surface area contributed by atoms with E-state index in [4.69, 9.17) is 5.11 Å². The first-order valence-corrected chi connectivity index (χ1v) is 7.06. The number of urea groups is 1. The van der Waals surface area contributed by atoms with Gasteiger partial charge in [0.15, 0.2) is 0 Å². The van der Waals surface area contributed by atoms with Gasteiger partial charge in [0.2, 0.25) is 0 Å². The van der Waals surface area contributed by atoms with Crippen LogP contribution in [-0.2, 0) is 11.2 Å². The summed E-state index contributed by atoms with van der Waals surface area (Å²) in [6.07, 6.45) is 1.24. The number of likely N-dealkylation sites (tertiary alicyclic amines) is 1. The Morgan fingerprint density at radius 1 is 1.63 bits per heavy atom. The molecule has 0 bridgehead atoms. The highest BCUT2D eigenvalue weighted by Gasteiger charge is 2.42. The van der Waals surface area contributed by atoms with E-state index in [0.29, 0.717) is 13.0 Å². The minimum atomic E-state index is -0.852. The Hall–Kier alpha value is -1.63. The zero-order chi connectivity index (χ0) is 14.0. The quantitative estimate of drug-likeness (QED) is 0.889. The van der Waals surface area contributed by atoms with Crippen molar-refractivity contribution in [2.75, 3.05) is 18.4 Å². The topological polar surface area (TPSA) is 82.5 Å². The van der Waals surface area contributed by atoms with Crippen LogP contribution in [-0.4, -0.2) is 40.1 Å². The van der Waals surface area contributed by atoms with Gasteiger partial charge in [0.1, 0.15) is 5.00 Å². The first-order valence-electron chi connectivity index (χ1n) is 6.18. The minimum absolute atomic E-state index is 0.244. The maximum atomic E-state index is 12.1. The van der Waals surface area contributed by atoms with Gasteiger partial charge in [0, 0.05) is 13.1 Å². The van der Waals surface area contributed by atoms with Crippen molar-refractivity contribution in [1.29, 1.82) is 0 Å². The number of aliphatic carboxylic acids is 1. The third-order valence-corrected chi connectivity index (χ3v) is 4.26. The molecule has 2 heterocycles. The predicted molar refractivity (Wildman–Crippen MR) is 72.4 cm³/mol. The molecule has 7 heteroatoms. The highest BCUT2D eigenvalue weighted by Crippen LogP contribution is 2.31. The molecule has 6 nitrogen and oxygen atoms in total. The Labute approximate surface area is 115 Å². The van der Waals surface area contributed by atoms with Crippen molar-refractivity contribution < 1.29 is 14.7 Å². The first kappa shape index (κ1) is 13.8. The summed E-state index contributed by atoms with van der Waals surface area (Å²) in [5.74, 6) is -0.852. The molecule has 1 atom stereocenters. The molecule has 1 fully saturated rings. The molecule has 1 unspecified atom stereocenters. The Balaban J connectivity index is 2.01. The van der Waals surface area contributed by atoms with Gasteiger partial charge in [0.05, 0.1) is 16.6 Å². The van der Waals surface area contributed by atoms with Gasteiger partial charge in [-0.1, -0.05) is 6.92 Å². The van der Waals surface area contributed by atoms with Gasteiger partial charge in [-0.05, 0) is 19.8 Å². The number of carboxylic acids is 1. The smallest absolute Gasteiger partial charge is 0.322 e. The van der Waals surface area contributed by atoms with Crippen LogP contribution in [0.2, 0.25) is 0 Å². The maximum absolute atomic E-state index is 12.1. The molecule has 0 saturated carbocycles. The average Bonchev–Trinajstić information content (AvgIpc) is 2.96. The summed E-state index contributed by atoms with van der Waals surface area (Å²) in [6.45, 7) is 4.36. The van der Waals surface area contributed by atoms with Gasteiger partial charge >= 0.3 is 12.0 Å². The summed E-state index contributed by atoms with van der Waals surface area (Å²) < 4.78 is 0. The van der Waals surface area contributed by atoms with E-state index in [9.17, 15) is 9.59 Å². The molecule has 0 aliphatic carbocycles. The lowest BCUT2D eigenvalue weighted by Gasteiger charge is -2.20. The van der Waals surface area contributed by atoms with E-state index in [1.54, 1.807) is 17.3 Å². The molecule has 1 aliphatic rings. The van der Waals surface area contributed by atoms with Gasteiger partial charge in [-0.3, -0.25) is 10.1 Å². The summed E-state index contributed by atoms with van der Waals surface area (Å²) in [5, 5.41) is 12.7. The molecular formula is C12H17N3O3S. The maximum Gasteiger partial charge on any atom is 0.322 e. The number of rotatable bonds is 3. The van der Waals surface area contributed by atoms with Crippen LogP contribution in [0.1, 0.15) is 26.0 Å². The fourth-order valence-corrected chi connectivity index (χ4v) is 2.87. The number of carbonyl (C=O) groups excluding carboxylic acids is 1. The van der Waals surface area contributed by atoms with E-state index in [2.05, 4.69) is 10.3 Å². The second kappa shape index (κ2) is 5.16. The molecule has 1 saturated heterocycles. The molecule has 1 aromatic heterocycles. The van der Waals surface area contributed by atoms with Crippen molar-refractivity contribution in [3.05, 3.63) is 11.2 Å². The summed E-state index contributed by atoms with van der Waals surface area (Å²) in [5.41, 5.74) is 1.72. The van der Waals surface area contributed by atoms with Crippen molar-refractivity contribution >= 4 is 28.3 Å². The van der Waals surface area contributed by atoms with E-state index in [1.165, 1.54) is 11.3 Å². The van der Waals surface area contributed by atoms with Gasteiger partial charge in [-0.15, -0.1) is 11.3 Å². The Morgan fingerprint density at radius 3 is 2.95 bits per heavy atom. The molecule has 0 aromatic carbocycles. The van der Waals surface area contributed by atoms with E-state index < -0.39 is 11.4 Å². The second-order valence-corrected chi connectivity index (χ2v) is 5.80. The van der Waals surface area contributed by atoms with Crippen LogP contribution < -0.4 is 5.32 Å². The van der Waals surface area contributed by atoms with E-state index >= 15 is 0 Å². The van der Waals surface area contributed by atoms with Crippen molar-refractivity contribution in [3.8, 4) is 0 Å². The molecule has 2 N–H and O–H groups in total. The molecule has 2 rings (SSSR count). The number of hydrogen-bond donors (Lipinski definition) is 2.